The highest BCUT2D eigenvalue weighted by molar-refractivity contribution is 5.94. The molecule has 0 radical (unpaired) electrons. The molecule has 3 aliphatic rings. The van der Waals surface area contributed by atoms with Crippen molar-refractivity contribution < 1.29 is 14.6 Å². The maximum Gasteiger partial charge on any atom is 0.161 e. The highest BCUT2D eigenvalue weighted by atomic mass is 16.5. The largest absolute Gasteiger partial charge is 0.396 e. The number of rotatable bonds is 5. The van der Waals surface area contributed by atoms with Crippen molar-refractivity contribution in [1.82, 2.24) is 19.4 Å². The van der Waals surface area contributed by atoms with Gasteiger partial charge in [0.25, 0.3) is 0 Å². The molecule has 0 aromatic carbocycles. The molecule has 1 N–H and O–H groups in total. The number of Topliss-reactive ketones (excluding diaryl/α,β-unsaturated/α-hetero) is 1. The Morgan fingerprint density at radius 1 is 1.30 bits per heavy atom. The van der Waals surface area contributed by atoms with Crippen LogP contribution >= 0.6 is 0 Å². The lowest BCUT2D eigenvalue weighted by atomic mass is 9.83. The van der Waals surface area contributed by atoms with Crippen LogP contribution in [0.2, 0.25) is 0 Å². The zero-order valence-electron chi connectivity index (χ0n) is 17.8. The summed E-state index contributed by atoms with van der Waals surface area (Å²) in [6, 6.07) is 4.00. The Bertz CT molecular complexity index is 975. The molecule has 4 atom stereocenters. The van der Waals surface area contributed by atoms with Gasteiger partial charge in [0.2, 0.25) is 0 Å². The normalized spacial score (nSPS) is 30.7. The molecule has 160 valence electrons. The van der Waals surface area contributed by atoms with E-state index in [1.165, 1.54) is 0 Å². The number of aromatic nitrogens is 3. The number of hydrogen-bond donors (Lipinski definition) is 1. The molecule has 0 amide bonds. The van der Waals surface area contributed by atoms with Gasteiger partial charge in [-0.25, -0.2) is 9.97 Å². The van der Waals surface area contributed by atoms with Gasteiger partial charge in [-0.1, -0.05) is 0 Å². The summed E-state index contributed by atoms with van der Waals surface area (Å²) in [7, 11) is 1.99. The van der Waals surface area contributed by atoms with Crippen molar-refractivity contribution in [2.45, 2.75) is 32.1 Å². The highest BCUT2D eigenvalue weighted by Crippen LogP contribution is 2.49. The van der Waals surface area contributed by atoms with Gasteiger partial charge in [-0.3, -0.25) is 9.69 Å². The third-order valence-electron chi connectivity index (χ3n) is 7.09. The smallest absolute Gasteiger partial charge is 0.161 e. The molecule has 3 saturated heterocycles. The van der Waals surface area contributed by atoms with E-state index < -0.39 is 0 Å². The summed E-state index contributed by atoms with van der Waals surface area (Å²) in [5.74, 6) is 1.41. The van der Waals surface area contributed by atoms with Gasteiger partial charge in [0.1, 0.15) is 17.7 Å². The molecule has 2 bridgehead atoms. The number of carbonyl (C=O) groups excluding carboxylic acids is 1. The van der Waals surface area contributed by atoms with Crippen LogP contribution in [0.25, 0.3) is 0 Å². The lowest BCUT2D eigenvalue weighted by Gasteiger charge is -2.40. The number of ketones is 1. The van der Waals surface area contributed by atoms with Gasteiger partial charge in [-0.2, -0.15) is 0 Å². The molecule has 2 aromatic rings. The number of ether oxygens (including phenoxy) is 1. The zero-order chi connectivity index (χ0) is 21.0. The fourth-order valence-corrected chi connectivity index (χ4v) is 5.62. The maximum atomic E-state index is 11.8. The minimum Gasteiger partial charge on any atom is -0.396 e. The summed E-state index contributed by atoms with van der Waals surface area (Å²) >= 11 is 0. The molecule has 1 spiro atoms. The fraction of sp³-hybridized carbons (Fsp3) is 0.591. The van der Waals surface area contributed by atoms with E-state index in [2.05, 4.69) is 19.8 Å². The quantitative estimate of drug-likeness (QED) is 0.736. The van der Waals surface area contributed by atoms with E-state index in [-0.39, 0.29) is 35.9 Å². The molecule has 30 heavy (non-hydrogen) atoms. The predicted molar refractivity (Wildman–Crippen MR) is 111 cm³/mol. The average Bonchev–Trinajstić information content (AvgIpc) is 3.29. The first-order chi connectivity index (χ1) is 14.4. The molecule has 5 heterocycles. The third kappa shape index (κ3) is 3.14. The summed E-state index contributed by atoms with van der Waals surface area (Å²) in [5, 5.41) is 10.2. The van der Waals surface area contributed by atoms with Gasteiger partial charge in [-0.15, -0.1) is 0 Å². The Labute approximate surface area is 176 Å². The van der Waals surface area contributed by atoms with Gasteiger partial charge < -0.3 is 19.3 Å². The topological polar surface area (TPSA) is 83.7 Å². The molecule has 2 aromatic heterocycles. The number of morpholine rings is 1. The van der Waals surface area contributed by atoms with E-state index in [9.17, 15) is 9.90 Å². The first kappa shape index (κ1) is 19.7. The van der Waals surface area contributed by atoms with Crippen LogP contribution in [0.3, 0.4) is 0 Å². The van der Waals surface area contributed by atoms with E-state index in [1.807, 2.05) is 36.9 Å². The monoisotopic (exact) mass is 411 g/mol. The standard InChI is InChI=1S/C22H29N5O3/c1-14-4-21(24-13-23-14)27-8-19-18(10-28)20-9-26(11-22(19,12-27)30-20)7-17-5-16(15(2)29)6-25(17)3/h4-6,13,18-20,28H,7-12H2,1-3H3/t18-,19+,20+,22+/m0/s1. The molecule has 0 aliphatic carbocycles. The Hall–Kier alpha value is -2.29. The Balaban J connectivity index is 1.39. The lowest BCUT2D eigenvalue weighted by Crippen LogP contribution is -2.53. The number of aliphatic hydroxyl groups is 1. The number of nitrogens with zero attached hydrogens (tertiary/aromatic N) is 5. The summed E-state index contributed by atoms with van der Waals surface area (Å²) < 4.78 is 8.63. The molecule has 8 nitrogen and oxygen atoms in total. The maximum absolute atomic E-state index is 11.8. The average molecular weight is 412 g/mol. The Morgan fingerprint density at radius 3 is 2.83 bits per heavy atom. The van der Waals surface area contributed by atoms with Crippen LogP contribution in [0.5, 0.6) is 0 Å². The number of carbonyl (C=O) groups is 1. The van der Waals surface area contributed by atoms with Crippen molar-refractivity contribution in [1.29, 1.82) is 0 Å². The Kier molecular flexibility index (Phi) is 4.68. The highest BCUT2D eigenvalue weighted by Gasteiger charge is 2.62. The predicted octanol–water partition coefficient (Wildman–Crippen LogP) is 1.02. The van der Waals surface area contributed by atoms with E-state index in [4.69, 9.17) is 4.74 Å². The number of aliphatic hydroxyl groups excluding tert-OH is 1. The minimum absolute atomic E-state index is 0.0376. The molecule has 3 aliphatic heterocycles. The number of aryl methyl sites for hydroxylation is 2. The summed E-state index contributed by atoms with van der Waals surface area (Å²) in [6.45, 7) is 7.70. The van der Waals surface area contributed by atoms with Crippen LogP contribution in [0, 0.1) is 18.8 Å². The van der Waals surface area contributed by atoms with Crippen molar-refractivity contribution in [3.05, 3.63) is 41.6 Å². The minimum atomic E-state index is -0.302. The number of fused-ring (bicyclic) bond motifs is 1. The van der Waals surface area contributed by atoms with E-state index in [1.54, 1.807) is 13.3 Å². The number of hydrogen-bond acceptors (Lipinski definition) is 7. The second-order valence-electron chi connectivity index (χ2n) is 9.13. The van der Waals surface area contributed by atoms with Crippen LogP contribution in [-0.4, -0.2) is 74.8 Å². The van der Waals surface area contributed by atoms with Crippen molar-refractivity contribution in [2.75, 3.05) is 37.7 Å². The molecule has 3 fully saturated rings. The van der Waals surface area contributed by atoms with Gasteiger partial charge in [-0.05, 0) is 19.9 Å². The Morgan fingerprint density at radius 2 is 2.13 bits per heavy atom. The zero-order valence-corrected chi connectivity index (χ0v) is 17.8. The van der Waals surface area contributed by atoms with Crippen LogP contribution in [0.4, 0.5) is 5.82 Å². The van der Waals surface area contributed by atoms with Crippen LogP contribution in [0.15, 0.2) is 24.7 Å². The first-order valence-electron chi connectivity index (χ1n) is 10.6. The lowest BCUT2D eigenvalue weighted by molar-refractivity contribution is -0.113. The molecule has 5 rings (SSSR count). The second kappa shape index (κ2) is 7.14. The summed E-state index contributed by atoms with van der Waals surface area (Å²) in [6.07, 6.45) is 3.55. The molecule has 8 heteroatoms. The van der Waals surface area contributed by atoms with Gasteiger partial charge in [0.05, 0.1) is 12.6 Å². The van der Waals surface area contributed by atoms with Crippen molar-refractivity contribution in [2.24, 2.45) is 18.9 Å². The summed E-state index contributed by atoms with van der Waals surface area (Å²) in [4.78, 5) is 25.1. The SMILES string of the molecule is CC(=O)c1cc(CN2C[C@H]3O[C@]4(C2)CN(c2cc(C)ncn2)C[C@@H]4[C@@H]3CO)n(C)c1. The fourth-order valence-electron chi connectivity index (χ4n) is 5.62. The third-order valence-corrected chi connectivity index (χ3v) is 7.09. The molecule has 0 saturated carbocycles. The number of anilines is 1. The molecular formula is C22H29N5O3. The van der Waals surface area contributed by atoms with Crippen molar-refractivity contribution in [3.63, 3.8) is 0 Å². The van der Waals surface area contributed by atoms with Gasteiger partial charge in [0, 0.05) is 80.9 Å². The van der Waals surface area contributed by atoms with Crippen molar-refractivity contribution in [3.8, 4) is 0 Å². The molecule has 0 unspecified atom stereocenters. The number of likely N-dealkylation sites (tertiary alicyclic amines) is 1. The summed E-state index contributed by atoms with van der Waals surface area (Å²) in [5.41, 5.74) is 2.52. The van der Waals surface area contributed by atoms with E-state index >= 15 is 0 Å². The van der Waals surface area contributed by atoms with Gasteiger partial charge >= 0.3 is 0 Å². The first-order valence-corrected chi connectivity index (χ1v) is 10.6. The van der Waals surface area contributed by atoms with E-state index in [0.29, 0.717) is 0 Å². The van der Waals surface area contributed by atoms with Crippen LogP contribution in [0.1, 0.15) is 28.7 Å². The second-order valence-corrected chi connectivity index (χ2v) is 9.13. The molecular weight excluding hydrogens is 382 g/mol. The van der Waals surface area contributed by atoms with Gasteiger partial charge in [0.15, 0.2) is 5.78 Å². The van der Waals surface area contributed by atoms with Crippen LogP contribution < -0.4 is 4.90 Å². The van der Waals surface area contributed by atoms with E-state index in [0.717, 1.165) is 55.5 Å². The van der Waals surface area contributed by atoms with Crippen LogP contribution in [-0.2, 0) is 18.3 Å². The van der Waals surface area contributed by atoms with Crippen molar-refractivity contribution >= 4 is 11.6 Å².